The van der Waals surface area contributed by atoms with Gasteiger partial charge < -0.3 is 0 Å². The van der Waals surface area contributed by atoms with E-state index in [1.165, 1.54) is 71.3 Å². The third kappa shape index (κ3) is 3.26. The molecular formula is C38H23N. The maximum atomic E-state index is 9.55. The molecule has 7 aromatic rings. The molecule has 0 fully saturated rings. The molecule has 180 valence electrons. The van der Waals surface area contributed by atoms with Crippen LogP contribution in [0.5, 0.6) is 0 Å². The van der Waals surface area contributed by atoms with E-state index in [-0.39, 0.29) is 5.92 Å². The minimum atomic E-state index is 0.131. The van der Waals surface area contributed by atoms with Crippen molar-refractivity contribution in [1.29, 1.82) is 5.26 Å². The van der Waals surface area contributed by atoms with Crippen molar-refractivity contribution < 1.29 is 0 Å². The molecular weight excluding hydrogens is 470 g/mol. The highest BCUT2D eigenvalue weighted by atomic mass is 14.3. The summed E-state index contributed by atoms with van der Waals surface area (Å²) < 4.78 is 0. The number of rotatable bonds is 2. The molecule has 7 aromatic carbocycles. The molecule has 1 aliphatic carbocycles. The van der Waals surface area contributed by atoms with Gasteiger partial charge in [-0.1, -0.05) is 115 Å². The highest BCUT2D eigenvalue weighted by Crippen LogP contribution is 2.49. The van der Waals surface area contributed by atoms with Gasteiger partial charge in [-0.15, -0.1) is 0 Å². The number of benzene rings is 7. The van der Waals surface area contributed by atoms with Gasteiger partial charge in [-0.2, -0.15) is 5.26 Å². The van der Waals surface area contributed by atoms with Gasteiger partial charge in [0, 0.05) is 5.92 Å². The monoisotopic (exact) mass is 493 g/mol. The average molecular weight is 494 g/mol. The van der Waals surface area contributed by atoms with Gasteiger partial charge >= 0.3 is 0 Å². The average Bonchev–Trinajstić information content (AvgIpc) is 3.33. The largest absolute Gasteiger partial charge is 0.192 e. The van der Waals surface area contributed by atoms with Gasteiger partial charge in [0.1, 0.15) is 0 Å². The number of hydrogen-bond donors (Lipinski definition) is 0. The Morgan fingerprint density at radius 3 is 2.15 bits per heavy atom. The lowest BCUT2D eigenvalue weighted by molar-refractivity contribution is 1.02. The van der Waals surface area contributed by atoms with Crippen LogP contribution in [0.2, 0.25) is 0 Å². The highest BCUT2D eigenvalue weighted by Gasteiger charge is 2.30. The Morgan fingerprint density at radius 2 is 1.26 bits per heavy atom. The van der Waals surface area contributed by atoms with Crippen molar-refractivity contribution in [3.05, 3.63) is 156 Å². The molecule has 1 unspecified atom stereocenters. The van der Waals surface area contributed by atoms with Crippen LogP contribution >= 0.6 is 0 Å². The first-order chi connectivity index (χ1) is 19.3. The Balaban J connectivity index is 1.40. The molecule has 0 saturated heterocycles. The smallest absolute Gasteiger partial charge is 0.0991 e. The van der Waals surface area contributed by atoms with Gasteiger partial charge in [-0.25, -0.2) is 0 Å². The summed E-state index contributed by atoms with van der Waals surface area (Å²) in [5, 5.41) is 17.2. The summed E-state index contributed by atoms with van der Waals surface area (Å²) in [6.07, 6.45) is 0. The van der Waals surface area contributed by atoms with Crippen molar-refractivity contribution in [2.45, 2.75) is 5.92 Å². The zero-order valence-corrected chi connectivity index (χ0v) is 21.2. The normalized spacial score (nSPS) is 13.9. The van der Waals surface area contributed by atoms with Gasteiger partial charge in [0.25, 0.3) is 0 Å². The fourth-order valence-electron chi connectivity index (χ4n) is 6.64. The Labute approximate surface area is 227 Å². The second kappa shape index (κ2) is 8.42. The van der Waals surface area contributed by atoms with E-state index in [9.17, 15) is 5.26 Å². The van der Waals surface area contributed by atoms with Crippen LogP contribution in [0.3, 0.4) is 0 Å². The Morgan fingerprint density at radius 1 is 0.487 bits per heavy atom. The zero-order chi connectivity index (χ0) is 25.9. The maximum Gasteiger partial charge on any atom is 0.0991 e. The molecule has 0 spiro atoms. The first-order valence-electron chi connectivity index (χ1n) is 13.4. The fraction of sp³-hybridized carbons (Fsp3) is 0.0263. The predicted octanol–water partition coefficient (Wildman–Crippen LogP) is 9.85. The molecule has 0 heterocycles. The molecule has 1 aliphatic rings. The standard InChI is InChI=1S/C38H23N/c39-23-24-16-18-33-35(20-24)31-14-5-6-15-32(31)38(33)28-11-7-10-27(21-28)37-30-13-4-2-9-26(30)22-36-29-12-3-1-8-25(29)17-19-34(36)37/h1-22,38H. The summed E-state index contributed by atoms with van der Waals surface area (Å²) in [6, 6.07) is 50.4. The highest BCUT2D eigenvalue weighted by molar-refractivity contribution is 6.20. The van der Waals surface area contributed by atoms with Gasteiger partial charge in [-0.05, 0) is 89.5 Å². The lowest BCUT2D eigenvalue weighted by Crippen LogP contribution is -1.99. The van der Waals surface area contributed by atoms with Crippen molar-refractivity contribution in [3.8, 4) is 28.3 Å². The van der Waals surface area contributed by atoms with E-state index in [4.69, 9.17) is 0 Å². The van der Waals surface area contributed by atoms with E-state index in [0.717, 1.165) is 0 Å². The molecule has 0 bridgehead atoms. The number of fused-ring (bicyclic) bond motifs is 7. The van der Waals surface area contributed by atoms with Gasteiger partial charge in [0.2, 0.25) is 0 Å². The third-order valence-electron chi connectivity index (χ3n) is 8.33. The summed E-state index contributed by atoms with van der Waals surface area (Å²) in [5.74, 6) is 0.131. The quantitative estimate of drug-likeness (QED) is 0.174. The van der Waals surface area contributed by atoms with Crippen molar-refractivity contribution in [3.63, 3.8) is 0 Å². The SMILES string of the molecule is N#Cc1ccc2c(c1)-c1ccccc1C2c1cccc(-c2c3ccccc3cc3c2ccc2ccccc23)c1. The Hall–Kier alpha value is -5.19. The van der Waals surface area contributed by atoms with Crippen molar-refractivity contribution in [2.75, 3.05) is 0 Å². The second-order valence-corrected chi connectivity index (χ2v) is 10.4. The molecule has 8 rings (SSSR count). The maximum absolute atomic E-state index is 9.55. The van der Waals surface area contributed by atoms with E-state index in [1.54, 1.807) is 0 Å². The van der Waals surface area contributed by atoms with Crippen LogP contribution in [0.15, 0.2) is 133 Å². The number of nitrogens with zero attached hydrogens (tertiary/aromatic N) is 1. The van der Waals surface area contributed by atoms with E-state index >= 15 is 0 Å². The minimum absolute atomic E-state index is 0.131. The lowest BCUT2D eigenvalue weighted by atomic mass is 9.85. The first kappa shape index (κ1) is 21.9. The van der Waals surface area contributed by atoms with Gasteiger partial charge in [-0.3, -0.25) is 0 Å². The van der Waals surface area contributed by atoms with Gasteiger partial charge in [0.15, 0.2) is 0 Å². The van der Waals surface area contributed by atoms with E-state index < -0.39 is 0 Å². The summed E-state index contributed by atoms with van der Waals surface area (Å²) >= 11 is 0. The summed E-state index contributed by atoms with van der Waals surface area (Å²) in [6.45, 7) is 0. The summed E-state index contributed by atoms with van der Waals surface area (Å²) in [7, 11) is 0. The van der Waals surface area contributed by atoms with E-state index in [1.807, 2.05) is 12.1 Å². The molecule has 0 aliphatic heterocycles. The van der Waals surface area contributed by atoms with Crippen molar-refractivity contribution >= 4 is 32.3 Å². The van der Waals surface area contributed by atoms with Crippen LogP contribution in [0.1, 0.15) is 28.2 Å². The molecule has 0 amide bonds. The lowest BCUT2D eigenvalue weighted by Gasteiger charge is -2.18. The molecule has 0 radical (unpaired) electrons. The molecule has 1 nitrogen and oxygen atoms in total. The van der Waals surface area contributed by atoms with Crippen LogP contribution in [0.4, 0.5) is 0 Å². The van der Waals surface area contributed by atoms with Gasteiger partial charge in [0.05, 0.1) is 11.6 Å². The molecule has 1 heteroatoms. The fourth-order valence-corrected chi connectivity index (χ4v) is 6.64. The molecule has 1 atom stereocenters. The molecule has 0 aromatic heterocycles. The summed E-state index contributed by atoms with van der Waals surface area (Å²) in [4.78, 5) is 0. The Bertz CT molecular complexity index is 2140. The summed E-state index contributed by atoms with van der Waals surface area (Å²) in [5.41, 5.74) is 9.43. The van der Waals surface area contributed by atoms with E-state index in [0.29, 0.717) is 5.56 Å². The van der Waals surface area contributed by atoms with Crippen LogP contribution < -0.4 is 0 Å². The van der Waals surface area contributed by atoms with Crippen LogP contribution in [0.25, 0.3) is 54.6 Å². The topological polar surface area (TPSA) is 23.8 Å². The zero-order valence-electron chi connectivity index (χ0n) is 21.2. The Kier molecular flexibility index (Phi) is 4.72. The van der Waals surface area contributed by atoms with Crippen molar-refractivity contribution in [2.24, 2.45) is 0 Å². The van der Waals surface area contributed by atoms with E-state index in [2.05, 4.69) is 127 Å². The molecule has 0 N–H and O–H groups in total. The van der Waals surface area contributed by atoms with Crippen LogP contribution in [0, 0.1) is 11.3 Å². The van der Waals surface area contributed by atoms with Crippen molar-refractivity contribution in [1.82, 2.24) is 0 Å². The second-order valence-electron chi connectivity index (χ2n) is 10.4. The third-order valence-corrected chi connectivity index (χ3v) is 8.33. The van der Waals surface area contributed by atoms with Crippen LogP contribution in [-0.4, -0.2) is 0 Å². The predicted molar refractivity (Wildman–Crippen MR) is 162 cm³/mol. The minimum Gasteiger partial charge on any atom is -0.192 e. The molecule has 39 heavy (non-hydrogen) atoms. The molecule has 0 saturated carbocycles. The first-order valence-corrected chi connectivity index (χ1v) is 13.4. The number of nitriles is 1. The number of hydrogen-bond acceptors (Lipinski definition) is 1. The van der Waals surface area contributed by atoms with Crippen LogP contribution in [-0.2, 0) is 0 Å².